The van der Waals surface area contributed by atoms with Crippen LogP contribution in [0, 0.1) is 0 Å². The first-order valence-electron chi connectivity index (χ1n) is 49.5. The van der Waals surface area contributed by atoms with Gasteiger partial charge in [0.2, 0.25) is 0 Å². The van der Waals surface area contributed by atoms with Gasteiger partial charge in [0.1, 0.15) is 44.7 Å². The fourth-order valence-electron chi connectivity index (χ4n) is 23.2. The van der Waals surface area contributed by atoms with Gasteiger partial charge in [-0.3, -0.25) is 0 Å². The number of para-hydroxylation sites is 6. The molecule has 10 nitrogen and oxygen atoms in total. The Morgan fingerprint density at radius 2 is 0.329 bits per heavy atom. The van der Waals surface area contributed by atoms with Crippen molar-refractivity contribution >= 4 is 243 Å². The van der Waals surface area contributed by atoms with E-state index in [1.165, 1.54) is 0 Å². The highest BCUT2D eigenvalue weighted by atomic mass is 16.4. The third kappa shape index (κ3) is 13.1. The largest absolute Gasteiger partial charge is 0.456 e. The zero-order valence-corrected chi connectivity index (χ0v) is 78.6. The van der Waals surface area contributed by atoms with Crippen molar-refractivity contribution in [1.29, 1.82) is 0 Å². The summed E-state index contributed by atoms with van der Waals surface area (Å²) in [7, 11) is 0. The molecule has 0 saturated carbocycles. The molecule has 0 bridgehead atoms. The topological polar surface area (TPSA) is 91.8 Å². The van der Waals surface area contributed by atoms with Crippen LogP contribution >= 0.6 is 0 Å². The summed E-state index contributed by atoms with van der Waals surface area (Å²) >= 11 is 0. The molecule has 0 spiro atoms. The Labute approximate surface area is 836 Å². The van der Waals surface area contributed by atoms with Crippen LogP contribution in [-0.2, 0) is 0 Å². The lowest BCUT2D eigenvalue weighted by atomic mass is 9.96. The molecule has 0 N–H and O–H groups in total. The van der Waals surface area contributed by atoms with Gasteiger partial charge in [0.05, 0.1) is 45.5 Å². The van der Waals surface area contributed by atoms with Gasteiger partial charge in [-0.1, -0.05) is 364 Å². The maximum Gasteiger partial charge on any atom is 0.159 e. The first kappa shape index (κ1) is 82.2. The van der Waals surface area contributed by atoms with Crippen LogP contribution in [0.1, 0.15) is 0 Å². The second-order valence-corrected chi connectivity index (χ2v) is 37.9. The molecule has 0 aliphatic carbocycles. The molecule has 0 fully saturated rings. The van der Waals surface area contributed by atoms with E-state index in [2.05, 4.69) is 505 Å². The summed E-state index contributed by atoms with van der Waals surface area (Å²) in [6, 6.07) is 178. The van der Waals surface area contributed by atoms with E-state index < -0.39 is 0 Å². The summed E-state index contributed by atoms with van der Waals surface area (Å²) in [6.07, 6.45) is 0. The highest BCUT2D eigenvalue weighted by Crippen LogP contribution is 2.57. The Kier molecular flexibility index (Phi) is 18.6. The van der Waals surface area contributed by atoms with Crippen molar-refractivity contribution in [2.45, 2.75) is 0 Å². The minimum Gasteiger partial charge on any atom is -0.456 e. The summed E-state index contributed by atoms with van der Waals surface area (Å²) in [4.78, 5) is 9.45. The van der Waals surface area contributed by atoms with Gasteiger partial charge in [-0.15, -0.1) is 0 Å². The number of anilines is 12. The highest BCUT2D eigenvalue weighted by molar-refractivity contribution is 6.33. The summed E-state index contributed by atoms with van der Waals surface area (Å²) < 4.78 is 44.1. The molecule has 6 aromatic heterocycles. The van der Waals surface area contributed by atoms with Crippen molar-refractivity contribution < 1.29 is 26.5 Å². The molecule has 682 valence electrons. The lowest BCUT2D eigenvalue weighted by Gasteiger charge is -2.27. The molecule has 0 saturated heterocycles. The number of hydrogen-bond acceptors (Lipinski definition) is 10. The molecule has 0 amide bonds. The Morgan fingerprint density at radius 1 is 0.110 bits per heavy atom. The molecule has 0 aliphatic rings. The molecule has 24 aromatic carbocycles. The first-order valence-corrected chi connectivity index (χ1v) is 49.5. The zero-order valence-electron chi connectivity index (χ0n) is 78.6. The number of hydrogen-bond donors (Lipinski definition) is 0. The summed E-state index contributed by atoms with van der Waals surface area (Å²) in [5, 5.41) is 20.6. The van der Waals surface area contributed by atoms with Crippen LogP contribution in [0.4, 0.5) is 68.2 Å². The van der Waals surface area contributed by atoms with E-state index >= 15 is 0 Å². The van der Waals surface area contributed by atoms with Gasteiger partial charge in [-0.2, -0.15) is 0 Å². The predicted molar refractivity (Wildman–Crippen MR) is 606 cm³/mol. The SMILES string of the molecule is c1ccc(-c2ccc(N(c3cc4oc5cc(N(c6ccc(-c7ccccc7)cc6)c6cccc7c6oc6cc(-c8ccc9c(c8)oc8c(N(c%10cccc(-c%11ccccc%11)c%10)c%10cc%11oc%12cc(N(c%13cccc(-c%14ccccc%14)c%13)c%13cccc%14c%13oc%13ccccc%13%14)c%13ccccc%13c%12c%11c%11ccccc%10%11)cccc89)ccc67)c6ccccc6c5c4c4ccccc34)c3cccc4c3oc3ccccc34)cc2)cc1. The summed E-state index contributed by atoms with van der Waals surface area (Å²) in [5.74, 6) is 0. The quantitative estimate of drug-likeness (QED) is 0.0878. The smallest absolute Gasteiger partial charge is 0.159 e. The van der Waals surface area contributed by atoms with E-state index in [-0.39, 0.29) is 0 Å². The third-order valence-corrected chi connectivity index (χ3v) is 29.8. The predicted octanol–water partition coefficient (Wildman–Crippen LogP) is 39.9. The summed E-state index contributed by atoms with van der Waals surface area (Å²) in [6.45, 7) is 0. The van der Waals surface area contributed by atoms with Gasteiger partial charge in [0.15, 0.2) is 22.3 Å². The zero-order chi connectivity index (χ0) is 95.7. The number of furan rings is 6. The fourth-order valence-corrected chi connectivity index (χ4v) is 23.2. The molecule has 6 heterocycles. The number of benzene rings is 24. The lowest BCUT2D eigenvalue weighted by molar-refractivity contribution is 0.667. The maximum absolute atomic E-state index is 7.60. The highest BCUT2D eigenvalue weighted by Gasteiger charge is 2.33. The summed E-state index contributed by atoms with van der Waals surface area (Å²) in [5.41, 5.74) is 31.1. The molecular weight excluding hydrogens is 1790 g/mol. The third-order valence-electron chi connectivity index (χ3n) is 29.8. The van der Waals surface area contributed by atoms with Crippen LogP contribution in [0.5, 0.6) is 0 Å². The van der Waals surface area contributed by atoms with Gasteiger partial charge < -0.3 is 46.1 Å². The van der Waals surface area contributed by atoms with Gasteiger partial charge in [-0.25, -0.2) is 0 Å². The first-order chi connectivity index (χ1) is 72.4. The fraction of sp³-hybridized carbons (Fsp3) is 0. The minimum atomic E-state index is 0.733. The van der Waals surface area contributed by atoms with E-state index in [1.807, 2.05) is 12.1 Å². The Morgan fingerprint density at radius 3 is 0.644 bits per heavy atom. The molecule has 0 atom stereocenters. The van der Waals surface area contributed by atoms with Crippen LogP contribution in [0.15, 0.2) is 524 Å². The van der Waals surface area contributed by atoms with Gasteiger partial charge in [0, 0.05) is 133 Å². The van der Waals surface area contributed by atoms with Crippen molar-refractivity contribution in [2.75, 3.05) is 19.6 Å². The van der Waals surface area contributed by atoms with E-state index in [9.17, 15) is 0 Å². The van der Waals surface area contributed by atoms with Gasteiger partial charge in [-0.05, 0) is 186 Å². The van der Waals surface area contributed by atoms with Crippen molar-refractivity contribution in [3.05, 3.63) is 497 Å². The number of fused-ring (bicyclic) bond motifs is 26. The minimum absolute atomic E-state index is 0.733. The molecular formula is C136H82N4O6. The molecule has 0 aliphatic heterocycles. The average Bonchev–Trinajstić information content (AvgIpc) is 1.54. The van der Waals surface area contributed by atoms with Crippen molar-refractivity contribution in [1.82, 2.24) is 0 Å². The second kappa shape index (κ2) is 33.0. The molecule has 0 radical (unpaired) electrons. The van der Waals surface area contributed by atoms with Crippen molar-refractivity contribution in [2.24, 2.45) is 0 Å². The molecule has 30 aromatic rings. The molecule has 10 heteroatoms. The van der Waals surface area contributed by atoms with Crippen LogP contribution in [0.2, 0.25) is 0 Å². The average molecular weight is 1870 g/mol. The Bertz CT molecular complexity index is 10600. The molecule has 30 rings (SSSR count). The molecule has 146 heavy (non-hydrogen) atoms. The van der Waals surface area contributed by atoms with Crippen LogP contribution < -0.4 is 19.6 Å². The van der Waals surface area contributed by atoms with Crippen LogP contribution in [0.3, 0.4) is 0 Å². The van der Waals surface area contributed by atoms with Crippen molar-refractivity contribution in [3.8, 4) is 55.6 Å². The Hall–Kier alpha value is -19.7. The Balaban J connectivity index is 0.560. The standard InChI is InChI=1S/C136H82N4O6/c1-5-31-83(32-6-1)87-63-69-93(70-64-87)137(113-57-27-53-109-101-47-21-23-61-121(101)143-133(109)113)117-79-125-129(105-49-17-13-43-97(105)117)130-106-50-18-14-44-98(106)118(80-126(130)141-125)138(94-71-65-88(66-72-94)84-33-7-2-8-34-84)114-58-29-55-111-103-73-67-91(77-123(103)145-135(111)114)92-68-74-104-112-56-30-60-116(136(112)146-124(104)78-92)140(96-42-26-40-90(76-96)86-37-11-4-12-38-86)120-82-128-132(108-52-20-16-46-100(108)120)131-107-51-19-15-45-99(107)119(81-127(131)142-128)139(95-41-25-39-89(75-95)85-35-9-3-10-36-85)115-59-28-54-110-102-48-22-24-62-122(102)144-134(110)115/h1-82H. The van der Waals surface area contributed by atoms with E-state index in [0.717, 1.165) is 299 Å². The number of nitrogens with zero attached hydrogens (tertiary/aromatic N) is 4. The maximum atomic E-state index is 7.60. The molecule has 0 unspecified atom stereocenters. The van der Waals surface area contributed by atoms with E-state index in [4.69, 9.17) is 26.5 Å². The monoisotopic (exact) mass is 1870 g/mol. The van der Waals surface area contributed by atoms with E-state index in [0.29, 0.717) is 0 Å². The second-order valence-electron chi connectivity index (χ2n) is 37.9. The van der Waals surface area contributed by atoms with Crippen LogP contribution in [0.25, 0.3) is 230 Å². The van der Waals surface area contributed by atoms with E-state index in [1.54, 1.807) is 0 Å². The van der Waals surface area contributed by atoms with Gasteiger partial charge in [0.25, 0.3) is 0 Å². The lowest BCUT2D eigenvalue weighted by Crippen LogP contribution is -2.11. The van der Waals surface area contributed by atoms with Gasteiger partial charge >= 0.3 is 0 Å². The number of rotatable bonds is 17. The van der Waals surface area contributed by atoms with Crippen molar-refractivity contribution in [3.63, 3.8) is 0 Å². The van der Waals surface area contributed by atoms with Crippen LogP contribution in [-0.4, -0.2) is 0 Å². The normalized spacial score (nSPS) is 12.0.